The molecule has 0 unspecified atom stereocenters. The zero-order valence-electron chi connectivity index (χ0n) is 33.8. The van der Waals surface area contributed by atoms with Gasteiger partial charge in [0.15, 0.2) is 5.82 Å². The third-order valence-electron chi connectivity index (χ3n) is 12.6. The maximum Gasteiger partial charge on any atom is 0.160 e. The second-order valence-electron chi connectivity index (χ2n) is 16.1. The van der Waals surface area contributed by atoms with Crippen molar-refractivity contribution in [1.29, 1.82) is 0 Å². The van der Waals surface area contributed by atoms with Gasteiger partial charge in [-0.05, 0) is 140 Å². The summed E-state index contributed by atoms with van der Waals surface area (Å²) in [7, 11) is 0. The van der Waals surface area contributed by atoms with E-state index in [1.807, 2.05) is 18.5 Å². The Morgan fingerprint density at radius 2 is 0.726 bits per heavy atom. The molecular weight excluding hydrogens is 749 g/mol. The van der Waals surface area contributed by atoms with E-state index in [0.717, 1.165) is 38.7 Å². The number of fused-ring (bicyclic) bond motifs is 6. The molecule has 1 heterocycles. The molecule has 0 spiro atoms. The zero-order chi connectivity index (χ0) is 41.0. The van der Waals surface area contributed by atoms with Crippen LogP contribution in [0.3, 0.4) is 0 Å². The lowest BCUT2D eigenvalue weighted by molar-refractivity contribution is 1.18. The van der Waals surface area contributed by atoms with Gasteiger partial charge in [-0.25, -0.2) is 9.97 Å². The van der Waals surface area contributed by atoms with Gasteiger partial charge in [0.05, 0.1) is 0 Å². The van der Waals surface area contributed by atoms with Gasteiger partial charge in [0, 0.05) is 18.0 Å². The molecule has 0 aliphatic carbocycles. The zero-order valence-corrected chi connectivity index (χ0v) is 33.8. The van der Waals surface area contributed by atoms with Crippen molar-refractivity contribution in [2.45, 2.75) is 0 Å². The van der Waals surface area contributed by atoms with Crippen molar-refractivity contribution < 1.29 is 0 Å². The van der Waals surface area contributed by atoms with Gasteiger partial charge in [-0.15, -0.1) is 0 Å². The average Bonchev–Trinajstić information content (AvgIpc) is 3.35. The molecular formula is C60H38N2. The summed E-state index contributed by atoms with van der Waals surface area (Å²) >= 11 is 0. The molecule has 0 fully saturated rings. The van der Waals surface area contributed by atoms with Crippen LogP contribution in [-0.2, 0) is 0 Å². The smallest absolute Gasteiger partial charge is 0.160 e. The number of hydrogen-bond acceptors (Lipinski definition) is 2. The largest absolute Gasteiger partial charge is 0.237 e. The Labute approximate surface area is 360 Å². The second kappa shape index (κ2) is 14.8. The van der Waals surface area contributed by atoms with E-state index >= 15 is 0 Å². The summed E-state index contributed by atoms with van der Waals surface area (Å²) in [6, 6.07) is 79.5. The van der Waals surface area contributed by atoms with E-state index in [1.165, 1.54) is 82.2 Å². The minimum Gasteiger partial charge on any atom is -0.237 e. The summed E-state index contributed by atoms with van der Waals surface area (Å²) in [5.74, 6) is 0.719. The lowest BCUT2D eigenvalue weighted by Gasteiger charge is -2.19. The van der Waals surface area contributed by atoms with Crippen molar-refractivity contribution in [3.05, 3.63) is 231 Å². The van der Waals surface area contributed by atoms with E-state index in [1.54, 1.807) is 0 Å². The van der Waals surface area contributed by atoms with Crippen LogP contribution in [0.2, 0.25) is 0 Å². The first-order valence-electron chi connectivity index (χ1n) is 21.2. The van der Waals surface area contributed by atoms with Crippen molar-refractivity contribution in [3.63, 3.8) is 0 Å². The molecule has 288 valence electrons. The summed E-state index contributed by atoms with van der Waals surface area (Å²) in [4.78, 5) is 9.66. The fraction of sp³-hybridized carbons (Fsp3) is 0. The van der Waals surface area contributed by atoms with Crippen molar-refractivity contribution in [2.75, 3.05) is 0 Å². The van der Waals surface area contributed by atoms with Crippen LogP contribution >= 0.6 is 0 Å². The van der Waals surface area contributed by atoms with E-state index in [0.29, 0.717) is 0 Å². The predicted octanol–water partition coefficient (Wildman–Crippen LogP) is 16.2. The van der Waals surface area contributed by atoms with Gasteiger partial charge in [-0.1, -0.05) is 188 Å². The molecule has 11 aromatic carbocycles. The normalized spacial score (nSPS) is 11.5. The van der Waals surface area contributed by atoms with Crippen LogP contribution in [-0.4, -0.2) is 9.97 Å². The van der Waals surface area contributed by atoms with E-state index in [-0.39, 0.29) is 0 Å². The maximum absolute atomic E-state index is 4.83. The van der Waals surface area contributed by atoms with Gasteiger partial charge < -0.3 is 0 Å². The second-order valence-corrected chi connectivity index (χ2v) is 16.1. The van der Waals surface area contributed by atoms with Crippen molar-refractivity contribution in [1.82, 2.24) is 9.97 Å². The molecule has 0 saturated carbocycles. The van der Waals surface area contributed by atoms with Crippen LogP contribution in [0, 0.1) is 0 Å². The van der Waals surface area contributed by atoms with Crippen LogP contribution in [0.15, 0.2) is 231 Å². The Balaban J connectivity index is 0.980. The molecule has 0 amide bonds. The molecule has 2 heteroatoms. The monoisotopic (exact) mass is 786 g/mol. The molecule has 0 N–H and O–H groups in total. The number of aromatic nitrogens is 2. The summed E-state index contributed by atoms with van der Waals surface area (Å²) in [6.45, 7) is 0. The lowest BCUT2D eigenvalue weighted by Crippen LogP contribution is -1.95. The highest BCUT2D eigenvalue weighted by Crippen LogP contribution is 2.46. The molecule has 62 heavy (non-hydrogen) atoms. The molecule has 0 radical (unpaired) electrons. The van der Waals surface area contributed by atoms with Crippen LogP contribution < -0.4 is 0 Å². The number of benzene rings is 11. The van der Waals surface area contributed by atoms with Gasteiger partial charge in [0.1, 0.15) is 0 Å². The van der Waals surface area contributed by atoms with E-state index < -0.39 is 0 Å². The Kier molecular flexibility index (Phi) is 8.53. The summed E-state index contributed by atoms with van der Waals surface area (Å²) in [5, 5.41) is 12.2. The van der Waals surface area contributed by atoms with Crippen LogP contribution in [0.4, 0.5) is 0 Å². The Bertz CT molecular complexity index is 3630. The van der Waals surface area contributed by atoms with Gasteiger partial charge >= 0.3 is 0 Å². The fourth-order valence-corrected chi connectivity index (χ4v) is 9.53. The van der Waals surface area contributed by atoms with Crippen molar-refractivity contribution in [3.8, 4) is 67.0 Å². The molecule has 2 nitrogen and oxygen atoms in total. The quantitative estimate of drug-likeness (QED) is 0.124. The first-order chi connectivity index (χ1) is 30.7. The minimum absolute atomic E-state index is 0.719. The topological polar surface area (TPSA) is 25.8 Å². The lowest BCUT2D eigenvalue weighted by atomic mass is 9.85. The average molecular weight is 787 g/mol. The van der Waals surface area contributed by atoms with Gasteiger partial charge in [0.25, 0.3) is 0 Å². The first-order valence-corrected chi connectivity index (χ1v) is 21.2. The Morgan fingerprint density at radius 1 is 0.226 bits per heavy atom. The molecule has 1 aromatic heterocycles. The summed E-state index contributed by atoms with van der Waals surface area (Å²) in [5.41, 5.74) is 12.9. The van der Waals surface area contributed by atoms with Crippen LogP contribution in [0.5, 0.6) is 0 Å². The molecule has 12 rings (SSSR count). The standard InChI is InChI=1S/C60H38N2/c1-3-11-39(12-4-1)47-28-32-54-56(37-47)58(53-31-27-48(40-13-5-2-6-14-40)38-57(53)59(54)60-61-33-10-34-62-60)44-25-21-42(22-26-44)41-19-23-43(24-20-41)50-17-9-18-51-52(50)30-29-49-35-45-15-7-8-16-46(45)36-55(49)51/h1-38H. The van der Waals surface area contributed by atoms with Gasteiger partial charge in [-0.2, -0.15) is 0 Å². The molecule has 12 aromatic rings. The summed E-state index contributed by atoms with van der Waals surface area (Å²) in [6.07, 6.45) is 3.67. The SMILES string of the molecule is c1ccc(-c2ccc3c(-c4ncccn4)c4cc(-c5ccccc5)ccc4c(-c4ccc(-c5ccc(-c6cccc7c6ccc6cc8ccccc8cc67)cc5)cc4)c3c2)cc1. The highest BCUT2D eigenvalue weighted by atomic mass is 14.9. The third-order valence-corrected chi connectivity index (χ3v) is 12.6. The maximum atomic E-state index is 4.83. The van der Waals surface area contributed by atoms with E-state index in [9.17, 15) is 0 Å². The molecule has 0 atom stereocenters. The Morgan fingerprint density at radius 3 is 1.37 bits per heavy atom. The predicted molar refractivity (Wildman–Crippen MR) is 262 cm³/mol. The Hall–Kier alpha value is -8.20. The minimum atomic E-state index is 0.719. The molecule has 0 aliphatic rings. The van der Waals surface area contributed by atoms with Gasteiger partial charge in [0.2, 0.25) is 0 Å². The van der Waals surface area contributed by atoms with E-state index in [4.69, 9.17) is 9.97 Å². The van der Waals surface area contributed by atoms with Crippen LogP contribution in [0.1, 0.15) is 0 Å². The number of rotatable bonds is 6. The number of hydrogen-bond donors (Lipinski definition) is 0. The molecule has 0 bridgehead atoms. The third kappa shape index (κ3) is 6.12. The summed E-state index contributed by atoms with van der Waals surface area (Å²) < 4.78 is 0. The van der Waals surface area contributed by atoms with Gasteiger partial charge in [-0.3, -0.25) is 0 Å². The molecule has 0 saturated heterocycles. The molecule has 0 aliphatic heterocycles. The van der Waals surface area contributed by atoms with E-state index in [2.05, 4.69) is 212 Å². The van der Waals surface area contributed by atoms with Crippen LogP contribution in [0.25, 0.3) is 121 Å². The highest BCUT2D eigenvalue weighted by Gasteiger charge is 2.20. The fourth-order valence-electron chi connectivity index (χ4n) is 9.53. The van der Waals surface area contributed by atoms with Crippen molar-refractivity contribution in [2.24, 2.45) is 0 Å². The number of nitrogens with zero attached hydrogens (tertiary/aromatic N) is 2. The first kappa shape index (κ1) is 35.7. The van der Waals surface area contributed by atoms with Crippen molar-refractivity contribution >= 4 is 53.9 Å². The highest BCUT2D eigenvalue weighted by molar-refractivity contribution is 6.22.